The Labute approximate surface area is 99.6 Å². The molecule has 0 aromatic carbocycles. The van der Waals surface area contributed by atoms with Gasteiger partial charge < -0.3 is 10.6 Å². The summed E-state index contributed by atoms with van der Waals surface area (Å²) >= 11 is 5.82. The molecule has 1 heterocycles. The summed E-state index contributed by atoms with van der Waals surface area (Å²) in [6.45, 7) is 5.89. The molecule has 88 valence electrons. The van der Waals surface area contributed by atoms with E-state index in [1.54, 1.807) is 0 Å². The topological polar surface area (TPSA) is 66.9 Å². The molecule has 0 aliphatic rings. The summed E-state index contributed by atoms with van der Waals surface area (Å²) in [5, 5.41) is 6.06. The molecule has 1 aromatic rings. The van der Waals surface area contributed by atoms with Crippen molar-refractivity contribution >= 4 is 23.3 Å². The Hall–Kier alpha value is -1.36. The fourth-order valence-electron chi connectivity index (χ4n) is 1.07. The monoisotopic (exact) mass is 242 g/mol. The van der Waals surface area contributed by atoms with E-state index in [1.165, 1.54) is 12.5 Å². The molecule has 0 spiro atoms. The van der Waals surface area contributed by atoms with E-state index in [4.69, 9.17) is 11.6 Å². The number of carbonyl (C=O) groups excluding carboxylic acids is 1. The molecule has 0 radical (unpaired) electrons. The summed E-state index contributed by atoms with van der Waals surface area (Å²) in [5.41, 5.74) is -0.242. The molecular formula is C10H15ClN4O. The van der Waals surface area contributed by atoms with Gasteiger partial charge in [-0.1, -0.05) is 11.6 Å². The van der Waals surface area contributed by atoms with Crippen LogP contribution in [0.15, 0.2) is 12.5 Å². The molecule has 0 aliphatic heterocycles. The maximum absolute atomic E-state index is 11.5. The van der Waals surface area contributed by atoms with Crippen molar-refractivity contribution in [2.45, 2.75) is 26.3 Å². The van der Waals surface area contributed by atoms with Gasteiger partial charge in [0.05, 0.1) is 12.7 Å². The van der Waals surface area contributed by atoms with Crippen molar-refractivity contribution < 1.29 is 4.79 Å². The molecule has 1 rings (SSSR count). The largest absolute Gasteiger partial charge is 0.360 e. The van der Waals surface area contributed by atoms with Crippen LogP contribution in [-0.2, 0) is 4.79 Å². The van der Waals surface area contributed by atoms with Gasteiger partial charge in [-0.15, -0.1) is 0 Å². The predicted octanol–water partition coefficient (Wildman–Crippen LogP) is 1.46. The summed E-state index contributed by atoms with van der Waals surface area (Å²) in [6, 6.07) is 0. The Balaban J connectivity index is 2.47. The Bertz CT molecular complexity index is 375. The second-order valence-corrected chi connectivity index (χ2v) is 4.78. The first-order chi connectivity index (χ1) is 7.38. The van der Waals surface area contributed by atoms with Crippen LogP contribution >= 0.6 is 11.6 Å². The molecule has 0 unspecified atom stereocenters. The molecule has 0 fully saturated rings. The Kier molecular flexibility index (Phi) is 4.06. The van der Waals surface area contributed by atoms with Crippen molar-refractivity contribution in [2.24, 2.45) is 0 Å². The van der Waals surface area contributed by atoms with Gasteiger partial charge in [0, 0.05) is 5.54 Å². The van der Waals surface area contributed by atoms with Gasteiger partial charge in [0.15, 0.2) is 0 Å². The van der Waals surface area contributed by atoms with Gasteiger partial charge in [-0.3, -0.25) is 4.79 Å². The zero-order valence-electron chi connectivity index (χ0n) is 9.54. The normalized spacial score (nSPS) is 11.0. The maximum atomic E-state index is 11.5. The lowest BCUT2D eigenvalue weighted by Crippen LogP contribution is -2.43. The molecule has 0 saturated carbocycles. The average molecular weight is 243 g/mol. The minimum Gasteiger partial charge on any atom is -0.360 e. The van der Waals surface area contributed by atoms with Crippen LogP contribution in [0.5, 0.6) is 0 Å². The van der Waals surface area contributed by atoms with Crippen molar-refractivity contribution in [3.05, 3.63) is 17.5 Å². The summed E-state index contributed by atoms with van der Waals surface area (Å²) in [6.07, 6.45) is 2.84. The van der Waals surface area contributed by atoms with Gasteiger partial charge in [-0.25, -0.2) is 9.97 Å². The van der Waals surface area contributed by atoms with Crippen LogP contribution in [-0.4, -0.2) is 28.0 Å². The Morgan fingerprint density at radius 3 is 2.75 bits per heavy atom. The van der Waals surface area contributed by atoms with E-state index in [0.29, 0.717) is 10.8 Å². The lowest BCUT2D eigenvalue weighted by molar-refractivity contribution is -0.120. The van der Waals surface area contributed by atoms with E-state index in [2.05, 4.69) is 20.6 Å². The first-order valence-corrected chi connectivity index (χ1v) is 5.27. The van der Waals surface area contributed by atoms with Crippen molar-refractivity contribution in [3.8, 4) is 0 Å². The number of carbonyl (C=O) groups is 1. The van der Waals surface area contributed by atoms with Crippen LogP contribution in [0.4, 0.5) is 5.82 Å². The first-order valence-electron chi connectivity index (χ1n) is 4.89. The van der Waals surface area contributed by atoms with E-state index in [-0.39, 0.29) is 18.0 Å². The molecule has 1 aromatic heterocycles. The van der Waals surface area contributed by atoms with Gasteiger partial charge in [0.25, 0.3) is 0 Å². The van der Waals surface area contributed by atoms with E-state index >= 15 is 0 Å². The van der Waals surface area contributed by atoms with Crippen LogP contribution in [0.25, 0.3) is 0 Å². The van der Waals surface area contributed by atoms with Crippen molar-refractivity contribution in [1.82, 2.24) is 15.3 Å². The standard InChI is InChI=1S/C10H15ClN4O/c1-10(2,3)15-8(16)5-13-9-7(11)4-12-6-14-9/h4,6H,5H2,1-3H3,(H,15,16)(H,12,13,14). The van der Waals surface area contributed by atoms with Crippen LogP contribution in [0.3, 0.4) is 0 Å². The molecule has 6 heteroatoms. The molecular weight excluding hydrogens is 228 g/mol. The highest BCUT2D eigenvalue weighted by molar-refractivity contribution is 6.32. The van der Waals surface area contributed by atoms with Crippen molar-refractivity contribution in [2.75, 3.05) is 11.9 Å². The zero-order chi connectivity index (χ0) is 12.2. The van der Waals surface area contributed by atoms with Gasteiger partial charge in [-0.05, 0) is 20.8 Å². The SMILES string of the molecule is CC(C)(C)NC(=O)CNc1ncncc1Cl. The number of nitrogens with zero attached hydrogens (tertiary/aromatic N) is 2. The van der Waals surface area contributed by atoms with Gasteiger partial charge in [0.1, 0.15) is 17.2 Å². The first kappa shape index (κ1) is 12.7. The maximum Gasteiger partial charge on any atom is 0.239 e. The Morgan fingerprint density at radius 1 is 1.50 bits per heavy atom. The molecule has 16 heavy (non-hydrogen) atoms. The minimum atomic E-state index is -0.242. The zero-order valence-corrected chi connectivity index (χ0v) is 10.3. The highest BCUT2D eigenvalue weighted by Gasteiger charge is 2.13. The smallest absolute Gasteiger partial charge is 0.239 e. The second kappa shape index (κ2) is 5.12. The summed E-state index contributed by atoms with van der Waals surface area (Å²) in [4.78, 5) is 19.1. The summed E-state index contributed by atoms with van der Waals surface area (Å²) in [5.74, 6) is 0.350. The van der Waals surface area contributed by atoms with Gasteiger partial charge in [0.2, 0.25) is 5.91 Å². The number of amides is 1. The fourth-order valence-corrected chi connectivity index (χ4v) is 1.24. The quantitative estimate of drug-likeness (QED) is 0.842. The number of nitrogens with one attached hydrogen (secondary N) is 2. The van der Waals surface area contributed by atoms with Crippen LogP contribution in [0, 0.1) is 0 Å². The molecule has 0 bridgehead atoms. The summed E-state index contributed by atoms with van der Waals surface area (Å²) < 4.78 is 0. The molecule has 0 atom stereocenters. The number of halogens is 1. The van der Waals surface area contributed by atoms with Crippen LogP contribution < -0.4 is 10.6 Å². The third-order valence-electron chi connectivity index (χ3n) is 1.60. The predicted molar refractivity (Wildman–Crippen MR) is 63.4 cm³/mol. The minimum absolute atomic E-state index is 0.109. The van der Waals surface area contributed by atoms with Gasteiger partial charge in [-0.2, -0.15) is 0 Å². The van der Waals surface area contributed by atoms with Crippen LogP contribution in [0.1, 0.15) is 20.8 Å². The van der Waals surface area contributed by atoms with E-state index < -0.39 is 0 Å². The number of rotatable bonds is 3. The van der Waals surface area contributed by atoms with Crippen molar-refractivity contribution in [1.29, 1.82) is 0 Å². The molecule has 1 amide bonds. The third-order valence-corrected chi connectivity index (χ3v) is 1.88. The average Bonchev–Trinajstić information content (AvgIpc) is 2.14. The molecule has 0 saturated heterocycles. The highest BCUT2D eigenvalue weighted by atomic mass is 35.5. The molecule has 0 aliphatic carbocycles. The third kappa shape index (κ3) is 4.44. The second-order valence-electron chi connectivity index (χ2n) is 4.37. The summed E-state index contributed by atoms with van der Waals surface area (Å²) in [7, 11) is 0. The molecule has 5 nitrogen and oxygen atoms in total. The fraction of sp³-hybridized carbons (Fsp3) is 0.500. The van der Waals surface area contributed by atoms with E-state index in [9.17, 15) is 4.79 Å². The van der Waals surface area contributed by atoms with Crippen molar-refractivity contribution in [3.63, 3.8) is 0 Å². The van der Waals surface area contributed by atoms with Gasteiger partial charge >= 0.3 is 0 Å². The number of anilines is 1. The Morgan fingerprint density at radius 2 is 2.19 bits per heavy atom. The van der Waals surface area contributed by atoms with E-state index in [1.807, 2.05) is 20.8 Å². The van der Waals surface area contributed by atoms with Crippen LogP contribution in [0.2, 0.25) is 5.02 Å². The van der Waals surface area contributed by atoms with E-state index in [0.717, 1.165) is 0 Å². The lowest BCUT2D eigenvalue weighted by atomic mass is 10.1. The number of hydrogen-bond donors (Lipinski definition) is 2. The number of aromatic nitrogens is 2. The lowest BCUT2D eigenvalue weighted by Gasteiger charge is -2.20. The molecule has 2 N–H and O–H groups in total. The number of hydrogen-bond acceptors (Lipinski definition) is 4. The highest BCUT2D eigenvalue weighted by Crippen LogP contribution is 2.15.